The number of carbonyl (C=O) groups excluding carboxylic acids is 1. The van der Waals surface area contributed by atoms with Gasteiger partial charge in [0.1, 0.15) is 5.75 Å². The highest BCUT2D eigenvalue weighted by Gasteiger charge is 2.40. The molecule has 3 rings (SSSR count). The highest BCUT2D eigenvalue weighted by Crippen LogP contribution is 2.38. The largest absolute Gasteiger partial charge is 0.426 e. The molecule has 1 fully saturated rings. The molecule has 104 valence electrons. The number of rotatable bonds is 3. The molecule has 0 N–H and O–H groups in total. The van der Waals surface area contributed by atoms with Crippen LogP contribution in [0, 0.1) is 23.2 Å². The fourth-order valence-electron chi connectivity index (χ4n) is 2.29. The first kappa shape index (κ1) is 13.4. The van der Waals surface area contributed by atoms with E-state index >= 15 is 0 Å². The van der Waals surface area contributed by atoms with Gasteiger partial charge in [0.05, 0.1) is 17.6 Å². The normalized spacial score (nSPS) is 19.6. The molecule has 2 aromatic rings. The third kappa shape index (κ3) is 2.95. The number of nitrogens with zero attached hydrogens (tertiary/aromatic N) is 1. The molecule has 2 atom stereocenters. The van der Waals surface area contributed by atoms with Gasteiger partial charge in [-0.3, -0.25) is 4.79 Å². The maximum absolute atomic E-state index is 11.8. The maximum Gasteiger partial charge on any atom is 0.314 e. The monoisotopic (exact) mass is 277 g/mol. The Morgan fingerprint density at radius 3 is 2.10 bits per heavy atom. The molecule has 21 heavy (non-hydrogen) atoms. The highest BCUT2D eigenvalue weighted by atomic mass is 16.5. The third-order valence-corrected chi connectivity index (χ3v) is 3.83. The molecule has 3 heteroatoms. The number of hydrogen-bond donors (Lipinski definition) is 0. The molecule has 0 heterocycles. The van der Waals surface area contributed by atoms with Gasteiger partial charge in [-0.05, 0) is 47.7 Å². The number of carbonyl (C=O) groups is 1. The van der Waals surface area contributed by atoms with Crippen molar-refractivity contribution in [2.24, 2.45) is 11.8 Å². The summed E-state index contributed by atoms with van der Waals surface area (Å²) >= 11 is 0. The first-order chi connectivity index (χ1) is 10.2. The van der Waals surface area contributed by atoms with Crippen LogP contribution in [-0.2, 0) is 4.79 Å². The second kappa shape index (κ2) is 5.41. The van der Waals surface area contributed by atoms with Crippen LogP contribution in [0.2, 0.25) is 0 Å². The summed E-state index contributed by atoms with van der Waals surface area (Å²) in [6, 6.07) is 16.9. The molecule has 2 unspecified atom stereocenters. The van der Waals surface area contributed by atoms with Gasteiger partial charge in [-0.2, -0.15) is 5.26 Å². The van der Waals surface area contributed by atoms with Gasteiger partial charge in [0.25, 0.3) is 0 Å². The molecule has 2 aromatic carbocycles. The van der Waals surface area contributed by atoms with Crippen LogP contribution >= 0.6 is 0 Å². The van der Waals surface area contributed by atoms with E-state index in [1.807, 2.05) is 24.3 Å². The van der Waals surface area contributed by atoms with Gasteiger partial charge in [-0.15, -0.1) is 0 Å². The van der Waals surface area contributed by atoms with E-state index in [0.29, 0.717) is 17.2 Å². The molecule has 1 aliphatic carbocycles. The Kier molecular flexibility index (Phi) is 3.45. The SMILES string of the molecule is CC1CC1C(=O)Oc1ccc(-c2ccc(C#N)cc2)cc1. The standard InChI is InChI=1S/C18H15NO2/c1-12-10-17(12)18(20)21-16-8-6-15(7-9-16)14-4-2-13(11-19)3-5-14/h2-9,12,17H,10H2,1H3. The second-order valence-electron chi connectivity index (χ2n) is 5.45. The molecule has 1 saturated carbocycles. The van der Waals surface area contributed by atoms with Crippen LogP contribution in [-0.4, -0.2) is 5.97 Å². The molecular weight excluding hydrogens is 262 g/mol. The van der Waals surface area contributed by atoms with Crippen LogP contribution < -0.4 is 4.74 Å². The fourth-order valence-corrected chi connectivity index (χ4v) is 2.29. The van der Waals surface area contributed by atoms with Crippen molar-refractivity contribution >= 4 is 5.97 Å². The lowest BCUT2D eigenvalue weighted by atomic mass is 10.0. The zero-order valence-electron chi connectivity index (χ0n) is 11.7. The van der Waals surface area contributed by atoms with Crippen molar-refractivity contribution in [3.8, 4) is 22.9 Å². The van der Waals surface area contributed by atoms with E-state index in [2.05, 4.69) is 13.0 Å². The fraction of sp³-hybridized carbons (Fsp3) is 0.222. The summed E-state index contributed by atoms with van der Waals surface area (Å²) < 4.78 is 5.35. The van der Waals surface area contributed by atoms with E-state index in [-0.39, 0.29) is 11.9 Å². The van der Waals surface area contributed by atoms with Gasteiger partial charge in [0.2, 0.25) is 0 Å². The Hall–Kier alpha value is -2.60. The third-order valence-electron chi connectivity index (χ3n) is 3.83. The summed E-state index contributed by atoms with van der Waals surface area (Å²) in [7, 11) is 0. The summed E-state index contributed by atoms with van der Waals surface area (Å²) in [5.74, 6) is 0.976. The minimum Gasteiger partial charge on any atom is -0.426 e. The van der Waals surface area contributed by atoms with E-state index in [4.69, 9.17) is 10.00 Å². The number of esters is 1. The Bertz CT molecular complexity index is 695. The Labute approximate surface area is 123 Å². The van der Waals surface area contributed by atoms with E-state index in [0.717, 1.165) is 17.5 Å². The van der Waals surface area contributed by atoms with Gasteiger partial charge >= 0.3 is 5.97 Å². The quantitative estimate of drug-likeness (QED) is 0.633. The van der Waals surface area contributed by atoms with Crippen molar-refractivity contribution < 1.29 is 9.53 Å². The van der Waals surface area contributed by atoms with E-state index in [1.54, 1.807) is 24.3 Å². The van der Waals surface area contributed by atoms with Crippen LogP contribution in [0.3, 0.4) is 0 Å². The topological polar surface area (TPSA) is 50.1 Å². The zero-order valence-corrected chi connectivity index (χ0v) is 11.7. The van der Waals surface area contributed by atoms with Gasteiger partial charge in [0.15, 0.2) is 0 Å². The van der Waals surface area contributed by atoms with Gasteiger partial charge < -0.3 is 4.74 Å². The molecule has 0 aromatic heterocycles. The minimum absolute atomic E-state index is 0.0724. The average Bonchev–Trinajstić information content (AvgIpc) is 3.25. The Morgan fingerprint density at radius 2 is 1.62 bits per heavy atom. The predicted molar refractivity (Wildman–Crippen MR) is 79.5 cm³/mol. The lowest BCUT2D eigenvalue weighted by molar-refractivity contribution is -0.136. The first-order valence-electron chi connectivity index (χ1n) is 6.99. The van der Waals surface area contributed by atoms with Crippen molar-refractivity contribution in [1.29, 1.82) is 5.26 Å². The summed E-state index contributed by atoms with van der Waals surface area (Å²) in [5.41, 5.74) is 2.70. The summed E-state index contributed by atoms with van der Waals surface area (Å²) in [4.78, 5) is 11.8. The molecule has 0 bridgehead atoms. The minimum atomic E-state index is -0.131. The van der Waals surface area contributed by atoms with Crippen LogP contribution in [0.25, 0.3) is 11.1 Å². The van der Waals surface area contributed by atoms with Gasteiger partial charge in [-0.1, -0.05) is 31.2 Å². The van der Waals surface area contributed by atoms with Crippen LogP contribution in [0.1, 0.15) is 18.9 Å². The summed E-state index contributed by atoms with van der Waals surface area (Å²) in [5, 5.41) is 8.79. The smallest absolute Gasteiger partial charge is 0.314 e. The number of hydrogen-bond acceptors (Lipinski definition) is 3. The van der Waals surface area contributed by atoms with E-state index in [9.17, 15) is 4.79 Å². The van der Waals surface area contributed by atoms with Crippen LogP contribution in [0.15, 0.2) is 48.5 Å². The number of nitriles is 1. The molecular formula is C18H15NO2. The van der Waals surface area contributed by atoms with Crippen LogP contribution in [0.4, 0.5) is 0 Å². The van der Waals surface area contributed by atoms with Crippen molar-refractivity contribution in [3.63, 3.8) is 0 Å². The Morgan fingerprint density at radius 1 is 1.10 bits per heavy atom. The first-order valence-corrected chi connectivity index (χ1v) is 6.99. The maximum atomic E-state index is 11.8. The zero-order chi connectivity index (χ0) is 14.8. The Balaban J connectivity index is 1.71. The lowest BCUT2D eigenvalue weighted by Crippen LogP contribution is -2.10. The van der Waals surface area contributed by atoms with E-state index < -0.39 is 0 Å². The highest BCUT2D eigenvalue weighted by molar-refractivity contribution is 5.78. The molecule has 1 aliphatic rings. The van der Waals surface area contributed by atoms with Crippen molar-refractivity contribution in [2.45, 2.75) is 13.3 Å². The molecule has 0 radical (unpaired) electrons. The molecule has 0 saturated heterocycles. The lowest BCUT2D eigenvalue weighted by Gasteiger charge is -2.06. The molecule has 0 spiro atoms. The van der Waals surface area contributed by atoms with Crippen LogP contribution in [0.5, 0.6) is 5.75 Å². The molecule has 0 amide bonds. The van der Waals surface area contributed by atoms with E-state index in [1.165, 1.54) is 0 Å². The van der Waals surface area contributed by atoms with Gasteiger partial charge in [-0.25, -0.2) is 0 Å². The molecule has 0 aliphatic heterocycles. The summed E-state index contributed by atoms with van der Waals surface area (Å²) in [6.07, 6.45) is 0.933. The number of ether oxygens (including phenoxy) is 1. The molecule has 3 nitrogen and oxygen atoms in total. The number of benzene rings is 2. The van der Waals surface area contributed by atoms with Crippen molar-refractivity contribution in [3.05, 3.63) is 54.1 Å². The average molecular weight is 277 g/mol. The second-order valence-corrected chi connectivity index (χ2v) is 5.45. The summed E-state index contributed by atoms with van der Waals surface area (Å²) in [6.45, 7) is 2.06. The van der Waals surface area contributed by atoms with Crippen molar-refractivity contribution in [1.82, 2.24) is 0 Å². The van der Waals surface area contributed by atoms with Gasteiger partial charge in [0, 0.05) is 0 Å². The predicted octanol–water partition coefficient (Wildman–Crippen LogP) is 3.79. The van der Waals surface area contributed by atoms with Crippen molar-refractivity contribution in [2.75, 3.05) is 0 Å².